The van der Waals surface area contributed by atoms with Gasteiger partial charge in [0.1, 0.15) is 0 Å². The number of nitrogens with one attached hydrogen (secondary N) is 2. The maximum Gasteiger partial charge on any atom is 0.253 e. The number of hydrogen-bond donors (Lipinski definition) is 2. The Bertz CT molecular complexity index is 780. The van der Waals surface area contributed by atoms with Crippen molar-refractivity contribution >= 4 is 23.2 Å². The molecule has 0 saturated carbocycles. The molecular formula is C23H32N4OS. The molecule has 2 aromatic rings. The zero-order chi connectivity index (χ0) is 20.5. The van der Waals surface area contributed by atoms with E-state index in [9.17, 15) is 4.79 Å². The van der Waals surface area contributed by atoms with Crippen LogP contribution in [0.4, 0.5) is 0 Å². The van der Waals surface area contributed by atoms with Crippen molar-refractivity contribution in [2.75, 3.05) is 26.2 Å². The zero-order valence-electron chi connectivity index (χ0n) is 17.5. The summed E-state index contributed by atoms with van der Waals surface area (Å²) in [6.45, 7) is 8.30. The van der Waals surface area contributed by atoms with E-state index in [1.54, 1.807) is 11.3 Å². The van der Waals surface area contributed by atoms with Crippen molar-refractivity contribution in [3.8, 4) is 0 Å². The van der Waals surface area contributed by atoms with Crippen LogP contribution in [0.15, 0.2) is 46.8 Å². The Labute approximate surface area is 178 Å². The number of thiophene rings is 1. The Hall–Kier alpha value is -2.34. The number of carbonyl (C=O) groups excluding carboxylic acids is 1. The highest BCUT2D eigenvalue weighted by Gasteiger charge is 2.17. The summed E-state index contributed by atoms with van der Waals surface area (Å²) in [6, 6.07) is 12.2. The molecule has 1 aliphatic rings. The van der Waals surface area contributed by atoms with Crippen LogP contribution in [-0.4, -0.2) is 42.9 Å². The largest absolute Gasteiger partial charge is 0.357 e. The monoisotopic (exact) mass is 412 g/mol. The Kier molecular flexibility index (Phi) is 8.11. The van der Waals surface area contributed by atoms with Crippen molar-refractivity contribution in [1.29, 1.82) is 0 Å². The fourth-order valence-electron chi connectivity index (χ4n) is 3.47. The van der Waals surface area contributed by atoms with Crippen molar-refractivity contribution in [3.63, 3.8) is 0 Å². The molecule has 2 heterocycles. The number of nitrogens with zero attached hydrogens (tertiary/aromatic N) is 2. The molecule has 29 heavy (non-hydrogen) atoms. The first-order valence-electron chi connectivity index (χ1n) is 10.6. The number of guanidine groups is 1. The van der Waals surface area contributed by atoms with Gasteiger partial charge in [0, 0.05) is 42.5 Å². The number of benzene rings is 1. The van der Waals surface area contributed by atoms with Crippen molar-refractivity contribution in [1.82, 2.24) is 15.5 Å². The van der Waals surface area contributed by atoms with E-state index < -0.39 is 0 Å². The Morgan fingerprint density at radius 1 is 1.14 bits per heavy atom. The smallest absolute Gasteiger partial charge is 0.253 e. The highest BCUT2D eigenvalue weighted by molar-refractivity contribution is 7.10. The van der Waals surface area contributed by atoms with Gasteiger partial charge in [-0.1, -0.05) is 25.1 Å². The van der Waals surface area contributed by atoms with Gasteiger partial charge in [0.05, 0.1) is 6.54 Å². The van der Waals surface area contributed by atoms with Gasteiger partial charge in [-0.05, 0) is 55.3 Å². The second-order valence-corrected chi connectivity index (χ2v) is 8.52. The number of aliphatic imine (C=N–C) groups is 1. The molecule has 0 radical (unpaired) electrons. The standard InChI is InChI=1S/C23H32N4OS/c1-3-24-23(25-16-18(2)21-8-7-15-29-21)26-17-19-9-11-20(12-10-19)22(28)27-13-5-4-6-14-27/h7-12,15,18H,3-6,13-14,16-17H2,1-2H3,(H2,24,25,26). The van der Waals surface area contributed by atoms with Gasteiger partial charge in [-0.2, -0.15) is 0 Å². The third-order valence-corrected chi connectivity index (χ3v) is 6.32. The molecule has 3 rings (SSSR count). The third-order valence-electron chi connectivity index (χ3n) is 5.21. The van der Waals surface area contributed by atoms with Gasteiger partial charge in [0.2, 0.25) is 0 Å². The second kappa shape index (κ2) is 11.0. The molecule has 0 aliphatic carbocycles. The molecule has 1 aromatic heterocycles. The van der Waals surface area contributed by atoms with Crippen LogP contribution in [0.5, 0.6) is 0 Å². The van der Waals surface area contributed by atoms with Crippen LogP contribution in [0, 0.1) is 0 Å². The molecule has 1 aromatic carbocycles. The summed E-state index contributed by atoms with van der Waals surface area (Å²) < 4.78 is 0. The third kappa shape index (κ3) is 6.32. The molecule has 2 N–H and O–H groups in total. The molecule has 0 bridgehead atoms. The normalized spacial score (nSPS) is 15.8. The SMILES string of the molecule is CCNC(=NCc1ccc(C(=O)N2CCCCC2)cc1)NCC(C)c1cccs1. The predicted octanol–water partition coefficient (Wildman–Crippen LogP) is 4.23. The molecule has 5 nitrogen and oxygen atoms in total. The summed E-state index contributed by atoms with van der Waals surface area (Å²) in [6.07, 6.45) is 3.46. The molecule has 1 unspecified atom stereocenters. The van der Waals surface area contributed by atoms with Crippen LogP contribution in [0.25, 0.3) is 0 Å². The Morgan fingerprint density at radius 3 is 2.55 bits per heavy atom. The average molecular weight is 413 g/mol. The highest BCUT2D eigenvalue weighted by Crippen LogP contribution is 2.19. The van der Waals surface area contributed by atoms with Gasteiger partial charge in [-0.3, -0.25) is 4.79 Å². The van der Waals surface area contributed by atoms with Crippen LogP contribution in [0.2, 0.25) is 0 Å². The maximum absolute atomic E-state index is 12.6. The number of likely N-dealkylation sites (tertiary alicyclic amines) is 1. The fourth-order valence-corrected chi connectivity index (χ4v) is 4.25. The Morgan fingerprint density at radius 2 is 1.90 bits per heavy atom. The van der Waals surface area contributed by atoms with Crippen molar-refractivity contribution in [2.24, 2.45) is 4.99 Å². The van der Waals surface area contributed by atoms with Crippen molar-refractivity contribution in [3.05, 3.63) is 57.8 Å². The van der Waals surface area contributed by atoms with Crippen LogP contribution in [-0.2, 0) is 6.54 Å². The first-order valence-corrected chi connectivity index (χ1v) is 11.5. The molecule has 1 aliphatic heterocycles. The van der Waals surface area contributed by atoms with Gasteiger partial charge in [-0.15, -0.1) is 11.3 Å². The van der Waals surface area contributed by atoms with Crippen LogP contribution in [0.3, 0.4) is 0 Å². The minimum atomic E-state index is 0.150. The minimum absolute atomic E-state index is 0.150. The van der Waals surface area contributed by atoms with Gasteiger partial charge in [-0.25, -0.2) is 4.99 Å². The Balaban J connectivity index is 1.55. The van der Waals surface area contributed by atoms with Gasteiger partial charge in [0.25, 0.3) is 5.91 Å². The second-order valence-electron chi connectivity index (χ2n) is 7.54. The summed E-state index contributed by atoms with van der Waals surface area (Å²) in [5.41, 5.74) is 1.87. The lowest BCUT2D eigenvalue weighted by Gasteiger charge is -2.26. The summed E-state index contributed by atoms with van der Waals surface area (Å²) in [5.74, 6) is 1.42. The molecule has 1 saturated heterocycles. The quantitative estimate of drug-likeness (QED) is 0.528. The van der Waals surface area contributed by atoms with Crippen LogP contribution in [0.1, 0.15) is 59.8 Å². The van der Waals surface area contributed by atoms with E-state index in [-0.39, 0.29) is 5.91 Å². The number of rotatable bonds is 7. The maximum atomic E-state index is 12.6. The number of carbonyl (C=O) groups is 1. The molecule has 1 atom stereocenters. The van der Waals surface area contributed by atoms with E-state index in [1.165, 1.54) is 11.3 Å². The number of piperidine rings is 1. The summed E-state index contributed by atoms with van der Waals surface area (Å²) in [7, 11) is 0. The van der Waals surface area contributed by atoms with E-state index >= 15 is 0 Å². The first-order chi connectivity index (χ1) is 14.2. The zero-order valence-corrected chi connectivity index (χ0v) is 18.3. The molecule has 1 amide bonds. The van der Waals surface area contributed by atoms with E-state index in [2.05, 4.69) is 42.0 Å². The molecule has 1 fully saturated rings. The van der Waals surface area contributed by atoms with Crippen LogP contribution >= 0.6 is 11.3 Å². The topological polar surface area (TPSA) is 56.7 Å². The van der Waals surface area contributed by atoms with Crippen molar-refractivity contribution in [2.45, 2.75) is 45.6 Å². The van der Waals surface area contributed by atoms with Gasteiger partial charge in [0.15, 0.2) is 5.96 Å². The van der Waals surface area contributed by atoms with Crippen LogP contribution < -0.4 is 10.6 Å². The lowest BCUT2D eigenvalue weighted by atomic mass is 10.1. The molecule has 0 spiro atoms. The van der Waals surface area contributed by atoms with E-state index in [0.29, 0.717) is 12.5 Å². The number of hydrogen-bond acceptors (Lipinski definition) is 3. The first kappa shape index (κ1) is 21.4. The predicted molar refractivity (Wildman–Crippen MR) is 122 cm³/mol. The van der Waals surface area contributed by atoms with E-state index in [1.807, 2.05) is 29.2 Å². The summed E-state index contributed by atoms with van der Waals surface area (Å²) >= 11 is 1.79. The molecule has 6 heteroatoms. The molecular weight excluding hydrogens is 380 g/mol. The van der Waals surface area contributed by atoms with Gasteiger partial charge >= 0.3 is 0 Å². The number of amides is 1. The highest BCUT2D eigenvalue weighted by atomic mass is 32.1. The summed E-state index contributed by atoms with van der Waals surface area (Å²) in [5, 5.41) is 8.86. The average Bonchev–Trinajstić information content (AvgIpc) is 3.31. The lowest BCUT2D eigenvalue weighted by molar-refractivity contribution is 0.0724. The van der Waals surface area contributed by atoms with E-state index in [4.69, 9.17) is 4.99 Å². The van der Waals surface area contributed by atoms with E-state index in [0.717, 1.165) is 56.1 Å². The molecule has 156 valence electrons. The fraction of sp³-hybridized carbons (Fsp3) is 0.478. The minimum Gasteiger partial charge on any atom is -0.357 e. The van der Waals surface area contributed by atoms with Gasteiger partial charge < -0.3 is 15.5 Å². The van der Waals surface area contributed by atoms with Crippen molar-refractivity contribution < 1.29 is 4.79 Å². The summed E-state index contributed by atoms with van der Waals surface area (Å²) in [4.78, 5) is 20.6. The lowest BCUT2D eigenvalue weighted by Crippen LogP contribution is -2.39.